The maximum Gasteiger partial charge on any atom is 0.387 e. The fourth-order valence-electron chi connectivity index (χ4n) is 2.69. The lowest BCUT2D eigenvalue weighted by Gasteiger charge is -2.10. The molecule has 2 aliphatic heterocycles. The molecule has 9 heteroatoms. The van der Waals surface area contributed by atoms with Gasteiger partial charge < -0.3 is 23.7 Å². The molecule has 2 aromatic carbocycles. The highest BCUT2D eigenvalue weighted by molar-refractivity contribution is 6.13. The maximum atomic E-state index is 12.4. The number of ether oxygens (including phenoxy) is 5. The van der Waals surface area contributed by atoms with E-state index >= 15 is 0 Å². The van der Waals surface area contributed by atoms with Crippen molar-refractivity contribution >= 4 is 17.9 Å². The summed E-state index contributed by atoms with van der Waals surface area (Å²) < 4.78 is 50.0. The van der Waals surface area contributed by atoms with Crippen LogP contribution in [0.25, 0.3) is 6.08 Å². The van der Waals surface area contributed by atoms with Gasteiger partial charge in [0.15, 0.2) is 28.7 Å². The molecule has 0 aromatic heterocycles. The lowest BCUT2D eigenvalue weighted by atomic mass is 10.1. The van der Waals surface area contributed by atoms with Crippen LogP contribution in [0, 0.1) is 0 Å². The minimum absolute atomic E-state index is 0.0530. The average Bonchev–Trinajstić information content (AvgIpc) is 3.28. The van der Waals surface area contributed by atoms with Gasteiger partial charge in [-0.15, -0.1) is 0 Å². The molecule has 2 aliphatic rings. The molecule has 2 aromatic rings. The van der Waals surface area contributed by atoms with Crippen molar-refractivity contribution in [3.8, 4) is 23.0 Å². The van der Waals surface area contributed by atoms with Crippen molar-refractivity contribution in [2.45, 2.75) is 6.61 Å². The smallest absolute Gasteiger partial charge is 0.387 e. The molecular formula is C19H13F2NO6. The highest BCUT2D eigenvalue weighted by Crippen LogP contribution is 2.34. The fraction of sp³-hybridized carbons (Fsp3) is 0.158. The number of rotatable bonds is 5. The Morgan fingerprint density at radius 3 is 2.71 bits per heavy atom. The average molecular weight is 389 g/mol. The second-order valence-corrected chi connectivity index (χ2v) is 5.69. The minimum Gasteiger partial charge on any atom is -0.493 e. The highest BCUT2D eigenvalue weighted by Gasteiger charge is 2.26. The monoisotopic (exact) mass is 389 g/mol. The summed E-state index contributed by atoms with van der Waals surface area (Å²) in [4.78, 5) is 16.4. The van der Waals surface area contributed by atoms with Gasteiger partial charge in [0.2, 0.25) is 12.7 Å². The van der Waals surface area contributed by atoms with Gasteiger partial charge in [0.1, 0.15) is 0 Å². The predicted octanol–water partition coefficient (Wildman–Crippen LogP) is 3.37. The quantitative estimate of drug-likeness (QED) is 0.577. The van der Waals surface area contributed by atoms with E-state index < -0.39 is 12.6 Å². The zero-order valence-corrected chi connectivity index (χ0v) is 14.5. The number of methoxy groups -OCH3 is 1. The summed E-state index contributed by atoms with van der Waals surface area (Å²) in [6.45, 7) is -2.85. The topological polar surface area (TPSA) is 75.6 Å². The lowest BCUT2D eigenvalue weighted by molar-refractivity contribution is -0.129. The summed E-state index contributed by atoms with van der Waals surface area (Å²) >= 11 is 0. The molecule has 0 bridgehead atoms. The molecule has 0 fully saturated rings. The van der Waals surface area contributed by atoms with Gasteiger partial charge in [0.25, 0.3) is 0 Å². The molecular weight excluding hydrogens is 376 g/mol. The van der Waals surface area contributed by atoms with E-state index in [9.17, 15) is 13.6 Å². The van der Waals surface area contributed by atoms with Crippen LogP contribution in [0.2, 0.25) is 0 Å². The molecule has 0 unspecified atom stereocenters. The minimum atomic E-state index is -2.98. The maximum absolute atomic E-state index is 12.4. The van der Waals surface area contributed by atoms with Crippen LogP contribution in [0.1, 0.15) is 11.1 Å². The Hall–Kier alpha value is -3.62. The summed E-state index contributed by atoms with van der Waals surface area (Å²) in [7, 11) is 1.32. The molecule has 0 aliphatic carbocycles. The van der Waals surface area contributed by atoms with Crippen molar-refractivity contribution < 1.29 is 37.3 Å². The lowest BCUT2D eigenvalue weighted by Crippen LogP contribution is -2.05. The Morgan fingerprint density at radius 1 is 1.11 bits per heavy atom. The van der Waals surface area contributed by atoms with Crippen molar-refractivity contribution in [1.29, 1.82) is 0 Å². The number of nitrogens with zero attached hydrogens (tertiary/aromatic N) is 1. The van der Waals surface area contributed by atoms with Crippen LogP contribution in [0.4, 0.5) is 8.78 Å². The number of aliphatic imine (C=N–C) groups is 1. The number of halogens is 2. The Labute approximate surface area is 157 Å². The van der Waals surface area contributed by atoms with Gasteiger partial charge >= 0.3 is 12.6 Å². The van der Waals surface area contributed by atoms with Crippen LogP contribution < -0.4 is 18.9 Å². The normalized spacial score (nSPS) is 16.4. The molecule has 0 radical (unpaired) electrons. The molecule has 144 valence electrons. The molecule has 0 atom stereocenters. The molecule has 4 rings (SSSR count). The van der Waals surface area contributed by atoms with E-state index in [1.807, 2.05) is 0 Å². The van der Waals surface area contributed by atoms with Gasteiger partial charge in [0, 0.05) is 5.56 Å². The van der Waals surface area contributed by atoms with Gasteiger partial charge in [0.05, 0.1) is 7.11 Å². The van der Waals surface area contributed by atoms with Crippen molar-refractivity contribution in [2.24, 2.45) is 4.99 Å². The summed E-state index contributed by atoms with van der Waals surface area (Å²) in [6.07, 6.45) is 1.46. The largest absolute Gasteiger partial charge is 0.493 e. The SMILES string of the molecule is COc1cc(C=C2N=C(c3ccc4c(c3)OCO4)OC2=O)ccc1OC(F)F. The first-order valence-electron chi connectivity index (χ1n) is 8.09. The zero-order chi connectivity index (χ0) is 19.7. The van der Waals surface area contributed by atoms with Crippen LogP contribution in [0.3, 0.4) is 0 Å². The van der Waals surface area contributed by atoms with Crippen LogP contribution in [0.5, 0.6) is 23.0 Å². The molecule has 28 heavy (non-hydrogen) atoms. The van der Waals surface area contributed by atoms with Crippen LogP contribution in [0.15, 0.2) is 47.1 Å². The third-order valence-corrected chi connectivity index (χ3v) is 3.95. The Morgan fingerprint density at radius 2 is 1.93 bits per heavy atom. The third kappa shape index (κ3) is 3.46. The first-order chi connectivity index (χ1) is 13.5. The van der Waals surface area contributed by atoms with E-state index in [1.54, 1.807) is 18.2 Å². The number of fused-ring (bicyclic) bond motifs is 1. The van der Waals surface area contributed by atoms with Crippen molar-refractivity contribution in [2.75, 3.05) is 13.9 Å². The Bertz CT molecular complexity index is 1000. The number of esters is 1. The number of alkyl halides is 2. The number of benzene rings is 2. The molecule has 0 N–H and O–H groups in total. The molecule has 2 heterocycles. The molecule has 0 saturated heterocycles. The van der Waals surface area contributed by atoms with E-state index in [0.717, 1.165) is 0 Å². The standard InChI is InChI=1S/C19H13F2NO6/c1-24-15-7-10(2-4-14(15)27-19(20)21)6-12-18(23)28-17(22-12)11-3-5-13-16(8-11)26-9-25-13/h2-8,19H,9H2,1H3. The van der Waals surface area contributed by atoms with E-state index in [0.29, 0.717) is 22.6 Å². The first-order valence-corrected chi connectivity index (χ1v) is 8.09. The van der Waals surface area contributed by atoms with E-state index in [4.69, 9.17) is 18.9 Å². The predicted molar refractivity (Wildman–Crippen MR) is 92.8 cm³/mol. The Kier molecular flexibility index (Phi) is 4.56. The van der Waals surface area contributed by atoms with Crippen molar-refractivity contribution in [3.05, 3.63) is 53.2 Å². The van der Waals surface area contributed by atoms with E-state index in [2.05, 4.69) is 9.73 Å². The van der Waals surface area contributed by atoms with Gasteiger partial charge in [-0.2, -0.15) is 8.78 Å². The zero-order valence-electron chi connectivity index (χ0n) is 14.5. The highest BCUT2D eigenvalue weighted by atomic mass is 19.3. The number of carbonyl (C=O) groups is 1. The second kappa shape index (κ2) is 7.18. The number of cyclic esters (lactones) is 1. The Balaban J connectivity index is 1.62. The third-order valence-electron chi connectivity index (χ3n) is 3.95. The fourth-order valence-corrected chi connectivity index (χ4v) is 2.69. The number of hydrogen-bond acceptors (Lipinski definition) is 7. The molecule has 7 nitrogen and oxygen atoms in total. The van der Waals surface area contributed by atoms with E-state index in [-0.39, 0.29) is 29.9 Å². The second-order valence-electron chi connectivity index (χ2n) is 5.69. The summed E-state index contributed by atoms with van der Waals surface area (Å²) in [5.41, 5.74) is 1.11. The van der Waals surface area contributed by atoms with Crippen LogP contribution in [-0.4, -0.2) is 32.4 Å². The summed E-state index contributed by atoms with van der Waals surface area (Å²) in [5.74, 6) is 0.605. The van der Waals surface area contributed by atoms with Gasteiger partial charge in [-0.05, 0) is 42.0 Å². The number of hydrogen-bond donors (Lipinski definition) is 0. The van der Waals surface area contributed by atoms with Crippen molar-refractivity contribution in [3.63, 3.8) is 0 Å². The number of carbonyl (C=O) groups excluding carboxylic acids is 1. The van der Waals surface area contributed by atoms with Crippen LogP contribution in [-0.2, 0) is 9.53 Å². The van der Waals surface area contributed by atoms with Crippen LogP contribution >= 0.6 is 0 Å². The van der Waals surface area contributed by atoms with Crippen molar-refractivity contribution in [1.82, 2.24) is 0 Å². The first kappa shape index (κ1) is 17.8. The summed E-state index contributed by atoms with van der Waals surface area (Å²) in [5, 5.41) is 0. The van der Waals surface area contributed by atoms with Gasteiger partial charge in [-0.1, -0.05) is 6.07 Å². The van der Waals surface area contributed by atoms with E-state index in [1.165, 1.54) is 31.4 Å². The summed E-state index contributed by atoms with van der Waals surface area (Å²) in [6, 6.07) is 9.32. The van der Waals surface area contributed by atoms with Gasteiger partial charge in [-0.25, -0.2) is 9.79 Å². The molecule has 0 amide bonds. The molecule has 0 saturated carbocycles. The molecule has 0 spiro atoms. The van der Waals surface area contributed by atoms with Gasteiger partial charge in [-0.3, -0.25) is 0 Å².